The molecule has 19 heavy (non-hydrogen) atoms. The summed E-state index contributed by atoms with van der Waals surface area (Å²) in [5.41, 5.74) is -1.81. The molecule has 3 fully saturated rings. The minimum absolute atomic E-state index is 0.148. The van der Waals surface area contributed by atoms with Crippen molar-refractivity contribution in [3.63, 3.8) is 0 Å². The molecule has 0 saturated carbocycles. The van der Waals surface area contributed by atoms with E-state index in [2.05, 4.69) is 0 Å². The predicted octanol–water partition coefficient (Wildman–Crippen LogP) is -0.0105. The summed E-state index contributed by atoms with van der Waals surface area (Å²) in [6, 6.07) is 0. The summed E-state index contributed by atoms with van der Waals surface area (Å²) < 4.78 is 11.7. The zero-order valence-corrected chi connectivity index (χ0v) is 10.5. The maximum Gasteiger partial charge on any atom is 0.310 e. The molecule has 0 aromatic carbocycles. The summed E-state index contributed by atoms with van der Waals surface area (Å²) in [7, 11) is 0. The zero-order valence-electron chi connectivity index (χ0n) is 10.5. The topological polar surface area (TPSA) is 76.1 Å². The van der Waals surface area contributed by atoms with Gasteiger partial charge in [-0.1, -0.05) is 6.08 Å². The maximum absolute atomic E-state index is 12.5. The molecule has 3 saturated heterocycles. The molecule has 0 aliphatic carbocycles. The number of carbonyl (C=O) groups excluding carboxylic acids is 1. The molecule has 4 aliphatic rings. The Labute approximate surface area is 110 Å². The van der Waals surface area contributed by atoms with Gasteiger partial charge >= 0.3 is 5.97 Å². The summed E-state index contributed by atoms with van der Waals surface area (Å²) in [5.74, 6) is -2.63. The second kappa shape index (κ2) is 3.19. The Balaban J connectivity index is 1.86. The van der Waals surface area contributed by atoms with Crippen molar-refractivity contribution in [3.8, 4) is 0 Å². The Bertz CT molecular complexity index is 517. The van der Waals surface area contributed by atoms with Crippen LogP contribution >= 0.6 is 0 Å². The Morgan fingerprint density at radius 3 is 3.05 bits per heavy atom. The number of hydrogen-bond acceptors (Lipinski definition) is 4. The van der Waals surface area contributed by atoms with Gasteiger partial charge in [-0.3, -0.25) is 9.59 Å². The standard InChI is InChI=1S/C13H15NO5/c1-12-3-4-13(19-12)7(8(12)10(16)17)9(15)14-5-2-6-18-11(13)14/h3-4,7-8,11H,2,5-6H2,1H3,(H,16,17). The van der Waals surface area contributed by atoms with Crippen molar-refractivity contribution in [3.05, 3.63) is 12.2 Å². The van der Waals surface area contributed by atoms with E-state index in [4.69, 9.17) is 9.47 Å². The molecule has 1 amide bonds. The molecule has 1 N–H and O–H groups in total. The van der Waals surface area contributed by atoms with Gasteiger partial charge < -0.3 is 19.5 Å². The van der Waals surface area contributed by atoms with E-state index in [1.165, 1.54) is 0 Å². The van der Waals surface area contributed by atoms with Crippen LogP contribution in [-0.2, 0) is 19.1 Å². The highest BCUT2D eigenvalue weighted by molar-refractivity contribution is 5.91. The first-order chi connectivity index (χ1) is 9.00. The van der Waals surface area contributed by atoms with Crippen LogP contribution in [-0.4, -0.2) is 52.5 Å². The molecule has 6 heteroatoms. The van der Waals surface area contributed by atoms with Crippen molar-refractivity contribution in [2.24, 2.45) is 11.8 Å². The van der Waals surface area contributed by atoms with Crippen LogP contribution in [0.15, 0.2) is 12.2 Å². The van der Waals surface area contributed by atoms with Crippen LogP contribution in [0.25, 0.3) is 0 Å². The second-order valence-corrected chi connectivity index (χ2v) is 5.87. The van der Waals surface area contributed by atoms with Crippen LogP contribution in [0.3, 0.4) is 0 Å². The number of carboxylic acid groups (broad SMARTS) is 1. The van der Waals surface area contributed by atoms with Crippen LogP contribution < -0.4 is 0 Å². The summed E-state index contributed by atoms with van der Waals surface area (Å²) in [4.78, 5) is 25.7. The first-order valence-electron chi connectivity index (χ1n) is 6.55. The van der Waals surface area contributed by atoms with Gasteiger partial charge in [0.1, 0.15) is 11.5 Å². The molecule has 0 aromatic rings. The largest absolute Gasteiger partial charge is 0.481 e. The van der Waals surface area contributed by atoms with E-state index in [9.17, 15) is 14.7 Å². The van der Waals surface area contributed by atoms with Gasteiger partial charge in [0, 0.05) is 6.54 Å². The minimum Gasteiger partial charge on any atom is -0.481 e. The van der Waals surface area contributed by atoms with Crippen molar-refractivity contribution in [2.75, 3.05) is 13.2 Å². The molecule has 5 unspecified atom stereocenters. The number of ether oxygens (including phenoxy) is 2. The van der Waals surface area contributed by atoms with Gasteiger partial charge in [-0.25, -0.2) is 0 Å². The van der Waals surface area contributed by atoms with Crippen LogP contribution in [0.5, 0.6) is 0 Å². The molecule has 0 aromatic heterocycles. The van der Waals surface area contributed by atoms with Crippen molar-refractivity contribution < 1.29 is 24.2 Å². The molecule has 2 bridgehead atoms. The van der Waals surface area contributed by atoms with Gasteiger partial charge in [0.2, 0.25) is 5.91 Å². The highest BCUT2D eigenvalue weighted by Crippen LogP contribution is 2.60. The lowest BCUT2D eigenvalue weighted by molar-refractivity contribution is -0.179. The van der Waals surface area contributed by atoms with Crippen LogP contribution in [0, 0.1) is 11.8 Å². The van der Waals surface area contributed by atoms with E-state index in [-0.39, 0.29) is 5.91 Å². The van der Waals surface area contributed by atoms with Gasteiger partial charge in [-0.15, -0.1) is 0 Å². The monoisotopic (exact) mass is 265 g/mol. The number of fused-ring (bicyclic) bond motifs is 2. The fourth-order valence-electron chi connectivity index (χ4n) is 4.10. The van der Waals surface area contributed by atoms with E-state index in [0.717, 1.165) is 6.42 Å². The molecule has 6 nitrogen and oxygen atoms in total. The van der Waals surface area contributed by atoms with E-state index in [1.807, 2.05) is 6.08 Å². The third-order valence-corrected chi connectivity index (χ3v) is 4.81. The number of nitrogens with zero attached hydrogens (tertiary/aromatic N) is 1. The second-order valence-electron chi connectivity index (χ2n) is 5.87. The lowest BCUT2D eigenvalue weighted by Crippen LogP contribution is -2.50. The number of rotatable bonds is 1. The zero-order chi connectivity index (χ0) is 13.4. The van der Waals surface area contributed by atoms with Gasteiger partial charge in [0.05, 0.1) is 18.1 Å². The van der Waals surface area contributed by atoms with E-state index < -0.39 is 35.2 Å². The first-order valence-corrected chi connectivity index (χ1v) is 6.55. The van der Waals surface area contributed by atoms with Gasteiger partial charge in [-0.05, 0) is 19.4 Å². The van der Waals surface area contributed by atoms with Crippen LogP contribution in [0.4, 0.5) is 0 Å². The molecule has 5 atom stereocenters. The third-order valence-electron chi connectivity index (χ3n) is 4.81. The Hall–Kier alpha value is -1.40. The van der Waals surface area contributed by atoms with Crippen molar-refractivity contribution in [1.29, 1.82) is 0 Å². The molecule has 0 radical (unpaired) electrons. The van der Waals surface area contributed by atoms with Crippen molar-refractivity contribution in [2.45, 2.75) is 30.8 Å². The van der Waals surface area contributed by atoms with Gasteiger partial charge in [0.25, 0.3) is 0 Å². The van der Waals surface area contributed by atoms with Crippen molar-refractivity contribution in [1.82, 2.24) is 4.90 Å². The molecular formula is C13H15NO5. The SMILES string of the molecule is CC12C=CC3(O1)C(C(=O)N1CCCOC13)C2C(=O)O. The maximum atomic E-state index is 12.5. The highest BCUT2D eigenvalue weighted by Gasteiger charge is 2.75. The Kier molecular flexibility index (Phi) is 1.92. The fraction of sp³-hybridized carbons (Fsp3) is 0.692. The van der Waals surface area contributed by atoms with E-state index in [1.54, 1.807) is 17.9 Å². The fourth-order valence-corrected chi connectivity index (χ4v) is 4.10. The number of hydrogen-bond donors (Lipinski definition) is 1. The lowest BCUT2D eigenvalue weighted by atomic mass is 9.72. The smallest absolute Gasteiger partial charge is 0.310 e. The molecule has 4 rings (SSSR count). The molecule has 4 aliphatic heterocycles. The highest BCUT2D eigenvalue weighted by atomic mass is 16.6. The number of aliphatic carboxylic acids is 1. The Morgan fingerprint density at radius 1 is 1.53 bits per heavy atom. The molecule has 102 valence electrons. The molecule has 1 spiro atoms. The average molecular weight is 265 g/mol. The molecule has 4 heterocycles. The number of carbonyl (C=O) groups is 2. The van der Waals surface area contributed by atoms with E-state index >= 15 is 0 Å². The number of amides is 1. The van der Waals surface area contributed by atoms with Crippen LogP contribution in [0.2, 0.25) is 0 Å². The molecular weight excluding hydrogens is 250 g/mol. The van der Waals surface area contributed by atoms with Crippen LogP contribution in [0.1, 0.15) is 13.3 Å². The summed E-state index contributed by atoms with van der Waals surface area (Å²) in [5, 5.41) is 9.47. The minimum atomic E-state index is -0.980. The van der Waals surface area contributed by atoms with Gasteiger partial charge in [-0.2, -0.15) is 0 Å². The third kappa shape index (κ3) is 1.10. The normalized spacial score (nSPS) is 50.5. The van der Waals surface area contributed by atoms with E-state index in [0.29, 0.717) is 13.2 Å². The summed E-state index contributed by atoms with van der Waals surface area (Å²) >= 11 is 0. The summed E-state index contributed by atoms with van der Waals surface area (Å²) in [6.07, 6.45) is 3.92. The predicted molar refractivity (Wildman–Crippen MR) is 62.0 cm³/mol. The quantitative estimate of drug-likeness (QED) is 0.675. The Morgan fingerprint density at radius 2 is 2.32 bits per heavy atom. The van der Waals surface area contributed by atoms with Crippen molar-refractivity contribution >= 4 is 11.9 Å². The van der Waals surface area contributed by atoms with Gasteiger partial charge in [0.15, 0.2) is 6.23 Å². The lowest BCUT2D eigenvalue weighted by Gasteiger charge is -2.36. The average Bonchev–Trinajstić information content (AvgIpc) is 2.94. The summed E-state index contributed by atoms with van der Waals surface area (Å²) in [6.45, 7) is 2.92. The number of carboxylic acids is 1. The first kappa shape index (κ1) is 11.4.